The van der Waals surface area contributed by atoms with Crippen molar-refractivity contribution in [3.63, 3.8) is 0 Å². The van der Waals surface area contributed by atoms with Crippen LogP contribution < -0.4 is 15.6 Å². The number of likely N-dealkylation sites (N-methyl/N-ethyl adjacent to an activating group) is 1. The third kappa shape index (κ3) is 8.96. The van der Waals surface area contributed by atoms with Crippen LogP contribution in [0.25, 0.3) is 0 Å². The van der Waals surface area contributed by atoms with E-state index < -0.39 is 28.6 Å². The van der Waals surface area contributed by atoms with E-state index in [2.05, 4.69) is 25.6 Å². The van der Waals surface area contributed by atoms with Gasteiger partial charge in [0, 0.05) is 48.9 Å². The number of aliphatic hydroxyl groups is 1. The number of piperazine rings is 1. The van der Waals surface area contributed by atoms with Crippen molar-refractivity contribution in [2.75, 3.05) is 55.8 Å². The zero-order chi connectivity index (χ0) is 31.0. The zero-order valence-corrected chi connectivity index (χ0v) is 24.9. The lowest BCUT2D eigenvalue weighted by Gasteiger charge is -2.34. The van der Waals surface area contributed by atoms with Crippen molar-refractivity contribution in [1.82, 2.24) is 10.3 Å². The van der Waals surface area contributed by atoms with Gasteiger partial charge in [0.2, 0.25) is 0 Å². The minimum atomic E-state index is -4.64. The number of hydrogen-bond acceptors (Lipinski definition) is 7. The first-order chi connectivity index (χ1) is 20.5. The number of rotatable bonds is 10. The molecule has 1 aliphatic rings. The highest BCUT2D eigenvalue weighted by molar-refractivity contribution is 7.98. The van der Waals surface area contributed by atoms with Crippen LogP contribution in [0.4, 0.5) is 24.5 Å². The fraction of sp³-hybridized carbons (Fsp3) is 0.300. The molecular formula is C30H31ClF3N5O3S. The number of benzene rings is 3. The lowest BCUT2D eigenvalue weighted by Crippen LogP contribution is -2.44. The van der Waals surface area contributed by atoms with E-state index in [9.17, 15) is 22.8 Å². The highest BCUT2D eigenvalue weighted by Gasteiger charge is 2.33. The monoisotopic (exact) mass is 633 g/mol. The van der Waals surface area contributed by atoms with Gasteiger partial charge in [-0.15, -0.1) is 0 Å². The molecule has 3 aromatic carbocycles. The van der Waals surface area contributed by atoms with Gasteiger partial charge >= 0.3 is 6.18 Å². The van der Waals surface area contributed by atoms with Gasteiger partial charge in [-0.25, -0.2) is 5.43 Å². The Morgan fingerprint density at radius 3 is 2.53 bits per heavy atom. The van der Waals surface area contributed by atoms with Gasteiger partial charge in [0.1, 0.15) is 0 Å². The molecule has 1 fully saturated rings. The Labute approximate surface area is 256 Å². The van der Waals surface area contributed by atoms with E-state index in [0.29, 0.717) is 17.1 Å². The molecule has 0 atom stereocenters. The first-order valence-electron chi connectivity index (χ1n) is 13.4. The van der Waals surface area contributed by atoms with Crippen LogP contribution >= 0.6 is 23.4 Å². The van der Waals surface area contributed by atoms with Crippen LogP contribution in [0.3, 0.4) is 0 Å². The Bertz CT molecular complexity index is 1480. The summed E-state index contributed by atoms with van der Waals surface area (Å²) < 4.78 is 39.7. The van der Waals surface area contributed by atoms with Crippen LogP contribution in [0.15, 0.2) is 65.8 Å². The smallest absolute Gasteiger partial charge is 0.396 e. The van der Waals surface area contributed by atoms with Crippen LogP contribution in [-0.4, -0.2) is 73.6 Å². The van der Waals surface area contributed by atoms with Gasteiger partial charge < -0.3 is 20.2 Å². The van der Waals surface area contributed by atoms with Gasteiger partial charge in [0.25, 0.3) is 11.8 Å². The fourth-order valence-corrected chi connectivity index (χ4v) is 5.32. The Morgan fingerprint density at radius 1 is 1.05 bits per heavy atom. The van der Waals surface area contributed by atoms with Crippen molar-refractivity contribution in [1.29, 1.82) is 0 Å². The van der Waals surface area contributed by atoms with Gasteiger partial charge in [-0.1, -0.05) is 29.8 Å². The number of thioether (sulfide) groups is 1. The summed E-state index contributed by atoms with van der Waals surface area (Å²) in [6.45, 7) is 3.26. The Kier molecular flexibility index (Phi) is 11.1. The average Bonchev–Trinajstić information content (AvgIpc) is 2.98. The molecule has 13 heteroatoms. The minimum absolute atomic E-state index is 0.0676. The maximum atomic E-state index is 13.3. The maximum absolute atomic E-state index is 13.3. The van der Waals surface area contributed by atoms with E-state index in [0.717, 1.165) is 55.8 Å². The second-order valence-electron chi connectivity index (χ2n) is 9.89. The number of anilines is 2. The number of carbonyl (C=O) groups is 2. The quantitative estimate of drug-likeness (QED) is 0.158. The van der Waals surface area contributed by atoms with E-state index in [1.807, 2.05) is 19.2 Å². The van der Waals surface area contributed by atoms with E-state index in [1.165, 1.54) is 6.07 Å². The molecule has 8 nitrogen and oxygen atoms in total. The van der Waals surface area contributed by atoms with Crippen LogP contribution in [0, 0.1) is 0 Å². The summed E-state index contributed by atoms with van der Waals surface area (Å²) in [7, 11) is 2.03. The summed E-state index contributed by atoms with van der Waals surface area (Å²) in [6, 6.07) is 15.5. The van der Waals surface area contributed by atoms with Crippen molar-refractivity contribution < 1.29 is 27.9 Å². The molecule has 1 saturated heterocycles. The van der Waals surface area contributed by atoms with Gasteiger partial charge in [-0.3, -0.25) is 9.59 Å². The molecule has 0 aliphatic carbocycles. The molecule has 0 unspecified atom stereocenters. The summed E-state index contributed by atoms with van der Waals surface area (Å²) in [5.74, 6) is 0.144. The first-order valence-corrected chi connectivity index (χ1v) is 14.9. The topological polar surface area (TPSA) is 97.3 Å². The third-order valence-electron chi connectivity index (χ3n) is 6.73. The Morgan fingerprint density at radius 2 is 1.81 bits per heavy atom. The number of nitrogens with zero attached hydrogens (tertiary/aromatic N) is 3. The highest BCUT2D eigenvalue weighted by Crippen LogP contribution is 2.35. The lowest BCUT2D eigenvalue weighted by atomic mass is 10.1. The SMILES string of the molecule is CN1CCN(c2ccc(NC(=O)c3cccc(CSCCO)c3)c(C(=O)NN=Cc3ccc(Cl)c(C(F)(F)F)c3)c2)CC1. The van der Waals surface area contributed by atoms with Crippen LogP contribution in [0.1, 0.15) is 37.4 Å². The molecule has 0 aromatic heterocycles. The van der Waals surface area contributed by atoms with Gasteiger partial charge in [0.15, 0.2) is 0 Å². The summed E-state index contributed by atoms with van der Waals surface area (Å²) in [5, 5.41) is 15.3. The predicted molar refractivity (Wildman–Crippen MR) is 165 cm³/mol. The molecule has 0 bridgehead atoms. The first kappa shape index (κ1) is 32.3. The van der Waals surface area contributed by atoms with Crippen LogP contribution in [0.5, 0.6) is 0 Å². The molecule has 1 aliphatic heterocycles. The third-order valence-corrected chi connectivity index (χ3v) is 8.07. The molecule has 4 rings (SSSR count). The second-order valence-corrected chi connectivity index (χ2v) is 11.4. The molecule has 3 aromatic rings. The van der Waals surface area contributed by atoms with Crippen molar-refractivity contribution in [2.45, 2.75) is 11.9 Å². The van der Waals surface area contributed by atoms with Crippen LogP contribution in [0.2, 0.25) is 5.02 Å². The minimum Gasteiger partial charge on any atom is -0.396 e. The number of nitrogens with one attached hydrogen (secondary N) is 2. The average molecular weight is 634 g/mol. The number of aliphatic hydroxyl groups excluding tert-OH is 1. The molecule has 228 valence electrons. The molecule has 0 saturated carbocycles. The zero-order valence-electron chi connectivity index (χ0n) is 23.3. The van der Waals surface area contributed by atoms with Gasteiger partial charge in [-0.2, -0.15) is 30.0 Å². The molecule has 43 heavy (non-hydrogen) atoms. The van der Waals surface area contributed by atoms with E-state index in [4.69, 9.17) is 16.7 Å². The summed E-state index contributed by atoms with van der Waals surface area (Å²) >= 11 is 7.23. The molecule has 2 amide bonds. The van der Waals surface area contributed by atoms with Gasteiger partial charge in [-0.05, 0) is 60.6 Å². The number of hydrazone groups is 1. The molecule has 0 radical (unpaired) electrons. The van der Waals surface area contributed by atoms with Crippen molar-refractivity contribution in [2.24, 2.45) is 5.10 Å². The molecule has 3 N–H and O–H groups in total. The van der Waals surface area contributed by atoms with E-state index in [-0.39, 0.29) is 23.4 Å². The van der Waals surface area contributed by atoms with E-state index >= 15 is 0 Å². The van der Waals surface area contributed by atoms with E-state index in [1.54, 1.807) is 42.1 Å². The van der Waals surface area contributed by atoms with Crippen LogP contribution in [-0.2, 0) is 11.9 Å². The maximum Gasteiger partial charge on any atom is 0.417 e. The predicted octanol–water partition coefficient (Wildman–Crippen LogP) is 5.35. The largest absolute Gasteiger partial charge is 0.417 e. The van der Waals surface area contributed by atoms with Crippen molar-refractivity contribution in [3.05, 3.63) is 93.5 Å². The second kappa shape index (κ2) is 14.7. The molecule has 1 heterocycles. The van der Waals surface area contributed by atoms with Crippen molar-refractivity contribution >= 4 is 52.8 Å². The highest BCUT2D eigenvalue weighted by atomic mass is 35.5. The fourth-order valence-electron chi connectivity index (χ4n) is 4.41. The summed E-state index contributed by atoms with van der Waals surface area (Å²) in [5.41, 5.74) is 3.94. The Hall–Kier alpha value is -3.58. The molecule has 0 spiro atoms. The molecular weight excluding hydrogens is 603 g/mol. The number of hydrogen-bond donors (Lipinski definition) is 3. The number of halogens is 4. The number of carbonyl (C=O) groups excluding carboxylic acids is 2. The number of alkyl halides is 3. The Balaban J connectivity index is 1.56. The van der Waals surface area contributed by atoms with Gasteiger partial charge in [0.05, 0.1) is 34.7 Å². The summed E-state index contributed by atoms with van der Waals surface area (Å²) in [6.07, 6.45) is -3.55. The number of amides is 2. The normalized spacial score (nSPS) is 14.2. The van der Waals surface area contributed by atoms with Crippen molar-refractivity contribution in [3.8, 4) is 0 Å². The summed E-state index contributed by atoms with van der Waals surface area (Å²) in [4.78, 5) is 30.8. The lowest BCUT2D eigenvalue weighted by molar-refractivity contribution is -0.137. The standard InChI is InChI=1S/C30H31ClF3N5O3S/c1-38-9-11-39(12-10-38)23-6-8-27(36-28(41)22-4-2-3-21(15-22)19-43-14-13-40)24(17-23)29(42)37-35-18-20-5-7-26(31)25(16-20)30(32,33)34/h2-8,15-18,40H,9-14,19H2,1H3,(H,36,41)(H,37,42).